The third-order valence-electron chi connectivity index (χ3n) is 0.176. The molecule has 0 rings (SSSR count). The van der Waals surface area contributed by atoms with Gasteiger partial charge in [-0.05, 0) is 0 Å². The van der Waals surface area contributed by atoms with Crippen LogP contribution in [-0.2, 0) is 41.9 Å². The summed E-state index contributed by atoms with van der Waals surface area (Å²) in [5.74, 6) is 5.73. The minimum absolute atomic E-state index is 0. The van der Waals surface area contributed by atoms with Crippen LogP contribution in [0.25, 0.3) is 5.84 Å². The maximum absolute atomic E-state index is 9.51. The summed E-state index contributed by atoms with van der Waals surface area (Å²) in [6, 6.07) is 0. The molecular formula is C2H5N2OV2-. The molecule has 0 spiro atoms. The van der Waals surface area contributed by atoms with E-state index in [4.69, 9.17) is 5.84 Å². The Bertz CT molecular complexity index is 49.0. The Morgan fingerprint density at radius 2 is 1.71 bits per heavy atom. The summed E-state index contributed by atoms with van der Waals surface area (Å²) < 4.78 is 0. The molecule has 0 aliphatic carbocycles. The molecule has 0 heterocycles. The van der Waals surface area contributed by atoms with Crippen molar-refractivity contribution in [2.45, 2.75) is 6.92 Å². The van der Waals surface area contributed by atoms with Crippen molar-refractivity contribution in [1.29, 1.82) is 0 Å². The van der Waals surface area contributed by atoms with Gasteiger partial charge in [-0.25, -0.2) is 0 Å². The Labute approximate surface area is 66.1 Å². The molecule has 0 unspecified atom stereocenters. The Morgan fingerprint density at radius 3 is 1.71 bits per heavy atom. The fourth-order valence-corrected chi connectivity index (χ4v) is 0. The Hall–Kier alpha value is 0.599. The average molecular weight is 175 g/mol. The van der Waals surface area contributed by atoms with E-state index in [1.165, 1.54) is 6.92 Å². The molecule has 0 aromatic heterocycles. The van der Waals surface area contributed by atoms with E-state index in [0.29, 0.717) is 0 Å². The molecule has 0 fully saturated rings. The molecule has 0 aromatic carbocycles. The summed E-state index contributed by atoms with van der Waals surface area (Å²) in [5, 5.41) is 0. The molecule has 0 aromatic rings. The van der Waals surface area contributed by atoms with Gasteiger partial charge in [0, 0.05) is 44.0 Å². The van der Waals surface area contributed by atoms with Crippen LogP contribution in [0.4, 0.5) is 0 Å². The summed E-state index contributed by atoms with van der Waals surface area (Å²) >= 11 is 0. The number of carbonyl (C=O) groups excluding carboxylic acids is 1. The quantitative estimate of drug-likeness (QED) is 0.521. The van der Waals surface area contributed by atoms with Gasteiger partial charge in [0.15, 0.2) is 5.91 Å². The van der Waals surface area contributed by atoms with E-state index in [1.54, 1.807) is 5.43 Å². The maximum atomic E-state index is 9.51. The van der Waals surface area contributed by atoms with Crippen molar-refractivity contribution in [3.63, 3.8) is 0 Å². The zero-order chi connectivity index (χ0) is 4.28. The van der Waals surface area contributed by atoms with Crippen LogP contribution < -0.4 is 5.43 Å². The van der Waals surface area contributed by atoms with Crippen molar-refractivity contribution in [1.82, 2.24) is 5.43 Å². The molecule has 1 amide bonds. The average Bonchev–Trinajstić information content (AvgIpc) is 1.38. The first kappa shape index (κ1) is 15.6. The van der Waals surface area contributed by atoms with Crippen molar-refractivity contribution in [2.75, 3.05) is 0 Å². The van der Waals surface area contributed by atoms with Crippen LogP contribution in [0.2, 0.25) is 0 Å². The number of rotatable bonds is 0. The molecule has 0 aliphatic heterocycles. The van der Waals surface area contributed by atoms with E-state index >= 15 is 0 Å². The molecule has 7 heavy (non-hydrogen) atoms. The second-order valence-corrected chi connectivity index (χ2v) is 0.681. The summed E-state index contributed by atoms with van der Waals surface area (Å²) in [6.45, 7) is 1.28. The molecule has 2 N–H and O–H groups in total. The molecule has 2 radical (unpaired) electrons. The van der Waals surface area contributed by atoms with Crippen LogP contribution in [0.3, 0.4) is 0 Å². The van der Waals surface area contributed by atoms with Crippen LogP contribution in [0.5, 0.6) is 0 Å². The summed E-state index contributed by atoms with van der Waals surface area (Å²) in [4.78, 5) is 9.51. The van der Waals surface area contributed by atoms with Gasteiger partial charge in [-0.3, -0.25) is 4.79 Å². The number of hydrogen-bond donors (Lipinski definition) is 1. The molecule has 0 saturated heterocycles. The molecule has 5 heteroatoms. The van der Waals surface area contributed by atoms with Gasteiger partial charge in [0.2, 0.25) is 0 Å². The number of amides is 1. The van der Waals surface area contributed by atoms with E-state index in [2.05, 4.69) is 0 Å². The first-order valence-corrected chi connectivity index (χ1v) is 1.20. The van der Waals surface area contributed by atoms with Gasteiger partial charge in [-0.2, -0.15) is 0 Å². The minimum Gasteiger partial charge on any atom is -0.584 e. The van der Waals surface area contributed by atoms with E-state index in [1.807, 2.05) is 0 Å². The molecule has 0 bridgehead atoms. The molecule has 3 nitrogen and oxygen atoms in total. The number of nitrogens with one attached hydrogen (secondary N) is 2. The van der Waals surface area contributed by atoms with Crippen molar-refractivity contribution in [3.05, 3.63) is 5.84 Å². The van der Waals surface area contributed by atoms with E-state index in [9.17, 15) is 4.79 Å². The second kappa shape index (κ2) is 9.78. The van der Waals surface area contributed by atoms with Gasteiger partial charge in [0.05, 0.1) is 0 Å². The molecule has 40 valence electrons. The summed E-state index contributed by atoms with van der Waals surface area (Å²) in [7, 11) is 0. The SMILES string of the molecule is CC(=O)N[NH-].[V].[V]. The van der Waals surface area contributed by atoms with Crippen LogP contribution in [0.15, 0.2) is 0 Å². The van der Waals surface area contributed by atoms with Crippen molar-refractivity contribution in [3.8, 4) is 0 Å². The predicted molar refractivity (Wildman–Crippen MR) is 18.1 cm³/mol. The minimum atomic E-state index is -0.329. The Kier molecular flexibility index (Phi) is 21.9. The smallest absolute Gasteiger partial charge is 0.199 e. The Morgan fingerprint density at radius 1 is 1.57 bits per heavy atom. The van der Waals surface area contributed by atoms with Gasteiger partial charge in [0.25, 0.3) is 0 Å². The molecule has 0 atom stereocenters. The topological polar surface area (TPSA) is 52.9 Å². The second-order valence-electron chi connectivity index (χ2n) is 0.681. The third kappa shape index (κ3) is 20.7. The van der Waals surface area contributed by atoms with Crippen molar-refractivity contribution in [2.24, 2.45) is 0 Å². The van der Waals surface area contributed by atoms with Crippen LogP contribution in [0.1, 0.15) is 6.92 Å². The number of carbonyl (C=O) groups is 1. The van der Waals surface area contributed by atoms with Crippen LogP contribution >= 0.6 is 0 Å². The van der Waals surface area contributed by atoms with E-state index in [0.717, 1.165) is 0 Å². The standard InChI is InChI=1S/C2H5N2O.2V/c1-2(5)4-3;;/h3H,1H3,(H,4,5);;/q-1;;. The normalized spacial score (nSPS) is 4.86. The maximum Gasteiger partial charge on any atom is 0.199 e. The van der Waals surface area contributed by atoms with Gasteiger partial charge >= 0.3 is 0 Å². The van der Waals surface area contributed by atoms with Gasteiger partial charge in [0.1, 0.15) is 0 Å². The van der Waals surface area contributed by atoms with Crippen molar-refractivity contribution >= 4 is 5.91 Å². The molecule has 0 saturated carbocycles. The molecular weight excluding hydrogens is 170 g/mol. The fraction of sp³-hybridized carbons (Fsp3) is 0.500. The molecule has 0 aliphatic rings. The van der Waals surface area contributed by atoms with Crippen molar-refractivity contribution < 1.29 is 41.9 Å². The first-order valence-electron chi connectivity index (χ1n) is 1.20. The fourth-order valence-electron chi connectivity index (χ4n) is 0. The van der Waals surface area contributed by atoms with E-state index < -0.39 is 0 Å². The summed E-state index contributed by atoms with van der Waals surface area (Å²) in [6.07, 6.45) is 0. The van der Waals surface area contributed by atoms with Crippen LogP contribution in [0, 0.1) is 0 Å². The van der Waals surface area contributed by atoms with Crippen LogP contribution in [-0.4, -0.2) is 5.91 Å². The third-order valence-corrected chi connectivity index (χ3v) is 0.176. The zero-order valence-corrected chi connectivity index (χ0v) is 6.60. The summed E-state index contributed by atoms with van der Waals surface area (Å²) in [5.41, 5.74) is 1.64. The largest absolute Gasteiger partial charge is 0.584 e. The monoisotopic (exact) mass is 175 g/mol. The van der Waals surface area contributed by atoms with E-state index in [-0.39, 0.29) is 43.0 Å². The number of hydrogen-bond acceptors (Lipinski definition) is 1. The predicted octanol–water partition coefficient (Wildman–Crippen LogP) is 0.0847. The zero-order valence-electron chi connectivity index (χ0n) is 3.80. The van der Waals surface area contributed by atoms with Gasteiger partial charge in [-0.1, -0.05) is 0 Å². The first-order chi connectivity index (χ1) is 2.27. The van der Waals surface area contributed by atoms with Gasteiger partial charge in [-0.15, -0.1) is 0 Å². The van der Waals surface area contributed by atoms with Gasteiger partial charge < -0.3 is 11.3 Å². The Balaban J connectivity index is -0.0000000800.